The molecule has 4 rings (SSSR count). The fraction of sp³-hybridized carbons (Fsp3) is 0.519. The lowest BCUT2D eigenvalue weighted by Crippen LogP contribution is -2.47. The second kappa shape index (κ2) is 11.6. The summed E-state index contributed by atoms with van der Waals surface area (Å²) in [5.74, 6) is 0.0608. The second-order valence-corrected chi connectivity index (χ2v) is 9.20. The molecular weight excluding hydrogens is 417 g/mol. The van der Waals surface area contributed by atoms with Crippen molar-refractivity contribution < 1.29 is 13.9 Å². The summed E-state index contributed by atoms with van der Waals surface area (Å²) in [6.45, 7) is 6.60. The number of halogens is 1. The van der Waals surface area contributed by atoms with Crippen molar-refractivity contribution in [2.24, 2.45) is 0 Å². The number of methoxy groups -OCH3 is 1. The lowest BCUT2D eigenvalue weighted by molar-refractivity contribution is 0.0903. The van der Waals surface area contributed by atoms with Gasteiger partial charge in [-0.2, -0.15) is 0 Å². The fourth-order valence-corrected chi connectivity index (χ4v) is 5.06. The zero-order valence-corrected chi connectivity index (χ0v) is 19.7. The maximum Gasteiger partial charge on any atom is 0.251 e. The number of carbonyl (C=O) groups is 1. The van der Waals surface area contributed by atoms with Crippen molar-refractivity contribution in [3.8, 4) is 16.9 Å². The number of nitrogens with zero attached hydrogens (tertiary/aromatic N) is 2. The SMILES string of the molecule is COc1ccc(-c2ccc(C(=O)NCCCN3CCC(N4CCCCC4)CC3)cc2)c(F)c1. The van der Waals surface area contributed by atoms with Crippen LogP contribution < -0.4 is 10.1 Å². The third-order valence-corrected chi connectivity index (χ3v) is 7.04. The first-order chi connectivity index (χ1) is 16.1. The minimum atomic E-state index is -0.341. The van der Waals surface area contributed by atoms with Gasteiger partial charge >= 0.3 is 0 Å². The molecule has 0 radical (unpaired) electrons. The number of hydrogen-bond donors (Lipinski definition) is 1. The minimum Gasteiger partial charge on any atom is -0.497 e. The summed E-state index contributed by atoms with van der Waals surface area (Å²) < 4.78 is 19.3. The van der Waals surface area contributed by atoms with E-state index in [2.05, 4.69) is 15.1 Å². The Hall–Kier alpha value is -2.44. The summed E-state index contributed by atoms with van der Waals surface area (Å²) in [4.78, 5) is 17.7. The molecule has 0 unspecified atom stereocenters. The number of carbonyl (C=O) groups excluding carboxylic acids is 1. The molecule has 2 aromatic carbocycles. The highest BCUT2D eigenvalue weighted by Gasteiger charge is 2.25. The number of rotatable bonds is 8. The van der Waals surface area contributed by atoms with E-state index in [1.807, 2.05) is 0 Å². The number of amides is 1. The van der Waals surface area contributed by atoms with Gasteiger partial charge < -0.3 is 19.9 Å². The number of nitrogens with one attached hydrogen (secondary N) is 1. The summed E-state index contributed by atoms with van der Waals surface area (Å²) >= 11 is 0. The first-order valence-corrected chi connectivity index (χ1v) is 12.3. The Morgan fingerprint density at radius 2 is 1.76 bits per heavy atom. The van der Waals surface area contributed by atoms with Gasteiger partial charge in [-0.05, 0) is 94.7 Å². The predicted molar refractivity (Wildman–Crippen MR) is 130 cm³/mol. The Balaban J connectivity index is 1.17. The molecule has 2 saturated heterocycles. The van der Waals surface area contributed by atoms with Crippen molar-refractivity contribution in [2.45, 2.75) is 44.6 Å². The smallest absolute Gasteiger partial charge is 0.251 e. The van der Waals surface area contributed by atoms with Gasteiger partial charge in [-0.1, -0.05) is 18.6 Å². The molecule has 0 saturated carbocycles. The molecule has 2 aromatic rings. The van der Waals surface area contributed by atoms with Gasteiger partial charge in [-0.3, -0.25) is 4.79 Å². The highest BCUT2D eigenvalue weighted by Crippen LogP contribution is 2.26. The molecule has 0 bridgehead atoms. The predicted octanol–water partition coefficient (Wildman–Crippen LogP) is 4.57. The normalized spacial score (nSPS) is 18.2. The summed E-state index contributed by atoms with van der Waals surface area (Å²) in [6.07, 6.45) is 7.62. The van der Waals surface area contributed by atoms with E-state index in [0.717, 1.165) is 24.6 Å². The molecule has 178 valence electrons. The van der Waals surface area contributed by atoms with Gasteiger partial charge in [0.05, 0.1) is 7.11 Å². The quantitative estimate of drug-likeness (QED) is 0.595. The van der Waals surface area contributed by atoms with Crippen molar-refractivity contribution in [3.05, 3.63) is 53.8 Å². The maximum atomic E-state index is 14.3. The van der Waals surface area contributed by atoms with E-state index >= 15 is 0 Å². The van der Waals surface area contributed by atoms with Crippen LogP contribution >= 0.6 is 0 Å². The van der Waals surface area contributed by atoms with E-state index in [4.69, 9.17) is 4.74 Å². The highest BCUT2D eigenvalue weighted by atomic mass is 19.1. The highest BCUT2D eigenvalue weighted by molar-refractivity contribution is 5.94. The van der Waals surface area contributed by atoms with Crippen LogP contribution in [0, 0.1) is 5.82 Å². The Bertz CT molecular complexity index is 904. The lowest BCUT2D eigenvalue weighted by Gasteiger charge is -2.40. The van der Waals surface area contributed by atoms with Gasteiger partial charge in [0.25, 0.3) is 5.91 Å². The van der Waals surface area contributed by atoms with Gasteiger partial charge in [0.1, 0.15) is 11.6 Å². The largest absolute Gasteiger partial charge is 0.497 e. The van der Waals surface area contributed by atoms with E-state index in [1.54, 1.807) is 36.4 Å². The van der Waals surface area contributed by atoms with Crippen molar-refractivity contribution in [1.82, 2.24) is 15.1 Å². The molecule has 5 nitrogen and oxygen atoms in total. The molecule has 0 aliphatic carbocycles. The average molecular weight is 454 g/mol. The van der Waals surface area contributed by atoms with Crippen LogP contribution in [0.5, 0.6) is 5.75 Å². The van der Waals surface area contributed by atoms with Gasteiger partial charge in [0.15, 0.2) is 0 Å². The maximum absolute atomic E-state index is 14.3. The van der Waals surface area contributed by atoms with Crippen LogP contribution in [0.1, 0.15) is 48.9 Å². The molecule has 2 aliphatic rings. The molecule has 0 aromatic heterocycles. The minimum absolute atomic E-state index is 0.0828. The van der Waals surface area contributed by atoms with Crippen molar-refractivity contribution in [3.63, 3.8) is 0 Å². The molecule has 33 heavy (non-hydrogen) atoms. The van der Waals surface area contributed by atoms with Crippen LogP contribution in [0.15, 0.2) is 42.5 Å². The average Bonchev–Trinajstić information content (AvgIpc) is 2.87. The number of hydrogen-bond acceptors (Lipinski definition) is 4. The first-order valence-electron chi connectivity index (χ1n) is 12.3. The van der Waals surface area contributed by atoms with Crippen molar-refractivity contribution >= 4 is 5.91 Å². The zero-order valence-electron chi connectivity index (χ0n) is 19.7. The van der Waals surface area contributed by atoms with Crippen LogP contribution in [0.3, 0.4) is 0 Å². The summed E-state index contributed by atoms with van der Waals surface area (Å²) in [6, 6.07) is 12.6. The fourth-order valence-electron chi connectivity index (χ4n) is 5.06. The van der Waals surface area contributed by atoms with E-state index in [-0.39, 0.29) is 11.7 Å². The summed E-state index contributed by atoms with van der Waals surface area (Å²) in [5.41, 5.74) is 1.82. The topological polar surface area (TPSA) is 44.8 Å². The number of ether oxygens (including phenoxy) is 1. The molecular formula is C27H36FN3O2. The number of likely N-dealkylation sites (tertiary alicyclic amines) is 2. The molecule has 1 amide bonds. The molecule has 0 spiro atoms. The van der Waals surface area contributed by atoms with E-state index in [1.165, 1.54) is 71.5 Å². The number of benzene rings is 2. The Morgan fingerprint density at radius 3 is 2.42 bits per heavy atom. The van der Waals surface area contributed by atoms with Crippen LogP contribution in [0.2, 0.25) is 0 Å². The van der Waals surface area contributed by atoms with E-state index in [0.29, 0.717) is 23.4 Å². The van der Waals surface area contributed by atoms with Crippen molar-refractivity contribution in [2.75, 3.05) is 46.4 Å². The first kappa shape index (κ1) is 23.7. The van der Waals surface area contributed by atoms with Crippen LogP contribution in [-0.2, 0) is 0 Å². The summed E-state index contributed by atoms with van der Waals surface area (Å²) in [7, 11) is 1.51. The van der Waals surface area contributed by atoms with Gasteiger partial charge in [-0.25, -0.2) is 4.39 Å². The molecule has 1 N–H and O–H groups in total. The monoisotopic (exact) mass is 453 g/mol. The number of piperidine rings is 2. The molecule has 2 aliphatic heterocycles. The van der Waals surface area contributed by atoms with Crippen molar-refractivity contribution in [1.29, 1.82) is 0 Å². The van der Waals surface area contributed by atoms with E-state index in [9.17, 15) is 9.18 Å². The van der Waals surface area contributed by atoms with Crippen LogP contribution in [-0.4, -0.2) is 68.1 Å². The van der Waals surface area contributed by atoms with Gasteiger partial charge in [-0.15, -0.1) is 0 Å². The second-order valence-electron chi connectivity index (χ2n) is 9.20. The standard InChI is InChI=1S/C27H36FN3O2/c1-33-24-10-11-25(26(28)20-24)21-6-8-22(9-7-21)27(32)29-14-5-15-30-18-12-23(13-19-30)31-16-3-2-4-17-31/h6-11,20,23H,2-5,12-19H2,1H3,(H,29,32). The molecule has 2 fully saturated rings. The molecule has 2 heterocycles. The van der Waals surface area contributed by atoms with Gasteiger partial charge in [0, 0.05) is 29.8 Å². The van der Waals surface area contributed by atoms with Gasteiger partial charge in [0.2, 0.25) is 0 Å². The summed E-state index contributed by atoms with van der Waals surface area (Å²) in [5, 5.41) is 3.02. The van der Waals surface area contributed by atoms with Crippen LogP contribution in [0.25, 0.3) is 11.1 Å². The van der Waals surface area contributed by atoms with E-state index < -0.39 is 0 Å². The molecule has 0 atom stereocenters. The Kier molecular flexibility index (Phi) is 8.35. The third-order valence-electron chi connectivity index (χ3n) is 7.04. The lowest BCUT2D eigenvalue weighted by atomic mass is 10.00. The molecule has 6 heteroatoms. The third kappa shape index (κ3) is 6.33. The zero-order chi connectivity index (χ0) is 23.0. The Morgan fingerprint density at radius 1 is 1.03 bits per heavy atom. The Labute approximate surface area is 196 Å². The van der Waals surface area contributed by atoms with Crippen LogP contribution in [0.4, 0.5) is 4.39 Å².